The number of nitrogens with zero attached hydrogens (tertiary/aromatic N) is 4. The Balaban J connectivity index is 1.47. The Labute approximate surface area is 220 Å². The van der Waals surface area contributed by atoms with Crippen LogP contribution in [0.1, 0.15) is 59.5 Å². The van der Waals surface area contributed by atoms with Gasteiger partial charge in [0.25, 0.3) is 11.5 Å². The molecule has 1 saturated carbocycles. The minimum Gasteiger partial charge on any atom is -0.344 e. The van der Waals surface area contributed by atoms with E-state index in [0.717, 1.165) is 29.5 Å². The van der Waals surface area contributed by atoms with Crippen molar-refractivity contribution in [2.24, 2.45) is 5.92 Å². The molecule has 2 aromatic carbocycles. The van der Waals surface area contributed by atoms with Crippen molar-refractivity contribution in [3.8, 4) is 17.5 Å². The number of pyridine rings is 1. The first-order chi connectivity index (χ1) is 18.5. The lowest BCUT2D eigenvalue weighted by atomic mass is 9.86. The molecule has 1 N–H and O–H groups in total. The summed E-state index contributed by atoms with van der Waals surface area (Å²) in [5.74, 6) is 6.74. The fourth-order valence-corrected chi connectivity index (χ4v) is 4.99. The highest BCUT2D eigenvalue weighted by molar-refractivity contribution is 6.01. The highest BCUT2D eigenvalue weighted by Gasteiger charge is 2.23. The zero-order chi connectivity index (χ0) is 26.2. The van der Waals surface area contributed by atoms with Crippen LogP contribution in [0.2, 0.25) is 0 Å². The Morgan fingerprint density at radius 1 is 1.11 bits per heavy atom. The van der Waals surface area contributed by atoms with E-state index in [1.807, 2.05) is 61.5 Å². The molecule has 0 spiro atoms. The molecule has 7 heteroatoms. The molecular weight excluding hydrogens is 474 g/mol. The minimum atomic E-state index is -0.484. The van der Waals surface area contributed by atoms with Gasteiger partial charge in [-0.05, 0) is 62.4 Å². The van der Waals surface area contributed by atoms with Crippen molar-refractivity contribution in [3.63, 3.8) is 0 Å². The molecule has 3 aromatic heterocycles. The predicted octanol–water partition coefficient (Wildman–Crippen LogP) is 4.98. The highest BCUT2D eigenvalue weighted by atomic mass is 16.2. The summed E-state index contributed by atoms with van der Waals surface area (Å²) < 4.78 is 3.28. The maximum absolute atomic E-state index is 14.1. The molecule has 0 aliphatic heterocycles. The Bertz CT molecular complexity index is 1800. The van der Waals surface area contributed by atoms with Gasteiger partial charge in [-0.3, -0.25) is 14.2 Å². The Morgan fingerprint density at radius 2 is 1.92 bits per heavy atom. The highest BCUT2D eigenvalue weighted by Crippen LogP contribution is 2.27. The number of benzene rings is 2. The number of fused-ring (bicyclic) bond motifs is 2. The van der Waals surface area contributed by atoms with Crippen LogP contribution in [0.4, 0.5) is 0 Å². The van der Waals surface area contributed by atoms with E-state index >= 15 is 0 Å². The summed E-state index contributed by atoms with van der Waals surface area (Å²) in [4.78, 5) is 31.9. The number of nitrogens with one attached hydrogen (secondary N) is 1. The van der Waals surface area contributed by atoms with Gasteiger partial charge in [0.05, 0.1) is 17.1 Å². The van der Waals surface area contributed by atoms with Gasteiger partial charge in [0, 0.05) is 35.3 Å². The molecule has 188 valence electrons. The van der Waals surface area contributed by atoms with E-state index in [-0.39, 0.29) is 11.5 Å². The van der Waals surface area contributed by atoms with E-state index in [2.05, 4.69) is 27.2 Å². The standard InChI is InChI=1S/C31H27N5O2/c1-20(33-30(37)27-21(2)34-35-18-8-17-32-29(27)35)26-19-24-12-7-11-23(16-15-22-9-6-10-22)28(24)31(38)36(26)25-13-4-3-5-14-25/h3-5,7-8,11-14,17-20,22H,6,9-10H2,1-2H3,(H,33,37)/t20-/m1/s1. The van der Waals surface area contributed by atoms with Crippen LogP contribution in [0.25, 0.3) is 22.1 Å². The fraction of sp³-hybridized carbons (Fsp3) is 0.226. The molecule has 38 heavy (non-hydrogen) atoms. The third-order valence-electron chi connectivity index (χ3n) is 7.19. The number of carbonyl (C=O) groups is 1. The van der Waals surface area contributed by atoms with Crippen LogP contribution in [0.3, 0.4) is 0 Å². The van der Waals surface area contributed by atoms with Gasteiger partial charge in [0.1, 0.15) is 5.56 Å². The predicted molar refractivity (Wildman–Crippen MR) is 147 cm³/mol. The molecule has 1 aliphatic carbocycles. The Kier molecular flexibility index (Phi) is 6.01. The van der Waals surface area contributed by atoms with Crippen LogP contribution in [0, 0.1) is 24.7 Å². The van der Waals surface area contributed by atoms with Crippen LogP contribution in [-0.2, 0) is 0 Å². The third kappa shape index (κ3) is 4.14. The molecule has 0 saturated heterocycles. The van der Waals surface area contributed by atoms with Crippen LogP contribution in [0.15, 0.2) is 77.9 Å². The molecule has 0 radical (unpaired) electrons. The first kappa shape index (κ1) is 23.7. The molecule has 1 fully saturated rings. The van der Waals surface area contributed by atoms with Gasteiger partial charge in [-0.15, -0.1) is 0 Å². The summed E-state index contributed by atoms with van der Waals surface area (Å²) in [6, 6.07) is 18.5. The van der Waals surface area contributed by atoms with Gasteiger partial charge < -0.3 is 5.32 Å². The zero-order valence-electron chi connectivity index (χ0n) is 21.3. The second-order valence-corrected chi connectivity index (χ2v) is 9.76. The average molecular weight is 502 g/mol. The largest absolute Gasteiger partial charge is 0.344 e. The van der Waals surface area contributed by atoms with Gasteiger partial charge in [0.2, 0.25) is 0 Å². The summed E-state index contributed by atoms with van der Waals surface area (Å²) in [5, 5.41) is 8.88. The second-order valence-electron chi connectivity index (χ2n) is 9.76. The average Bonchev–Trinajstić information content (AvgIpc) is 3.23. The summed E-state index contributed by atoms with van der Waals surface area (Å²) in [6.45, 7) is 3.67. The molecule has 3 heterocycles. The SMILES string of the molecule is Cc1nn2cccnc2c1C(=O)N[C@H](C)c1cc2cccc(C#CC3CCC3)c2c(=O)n1-c1ccccc1. The Hall–Kier alpha value is -4.70. The zero-order valence-corrected chi connectivity index (χ0v) is 21.3. The lowest BCUT2D eigenvalue weighted by Crippen LogP contribution is -2.32. The van der Waals surface area contributed by atoms with E-state index in [9.17, 15) is 9.59 Å². The smallest absolute Gasteiger partial charge is 0.264 e. The molecule has 6 rings (SSSR count). The first-order valence-corrected chi connectivity index (χ1v) is 12.9. The number of amides is 1. The molecule has 1 amide bonds. The fourth-order valence-electron chi connectivity index (χ4n) is 4.99. The van der Waals surface area contributed by atoms with Gasteiger partial charge in [-0.2, -0.15) is 5.10 Å². The van der Waals surface area contributed by atoms with E-state index in [1.54, 1.807) is 34.5 Å². The number of para-hydroxylation sites is 1. The number of aromatic nitrogens is 4. The van der Waals surface area contributed by atoms with Gasteiger partial charge in [-0.1, -0.05) is 48.6 Å². The van der Waals surface area contributed by atoms with E-state index in [0.29, 0.717) is 33.9 Å². The number of carbonyl (C=O) groups excluding carboxylic acids is 1. The van der Waals surface area contributed by atoms with Gasteiger partial charge in [0.15, 0.2) is 5.65 Å². The lowest BCUT2D eigenvalue weighted by molar-refractivity contribution is 0.0939. The summed E-state index contributed by atoms with van der Waals surface area (Å²) in [7, 11) is 0. The number of hydrogen-bond donors (Lipinski definition) is 1. The Morgan fingerprint density at radius 3 is 2.68 bits per heavy atom. The summed E-state index contributed by atoms with van der Waals surface area (Å²) in [5.41, 5.74) is 3.47. The molecule has 1 atom stereocenters. The van der Waals surface area contributed by atoms with E-state index in [1.165, 1.54) is 6.42 Å². The normalized spacial score (nSPS) is 14.1. The maximum atomic E-state index is 14.1. The van der Waals surface area contributed by atoms with Crippen LogP contribution in [-0.4, -0.2) is 25.1 Å². The molecule has 1 aliphatic rings. The second kappa shape index (κ2) is 9.64. The number of hydrogen-bond acceptors (Lipinski definition) is 4. The lowest BCUT2D eigenvalue weighted by Gasteiger charge is -2.21. The quantitative estimate of drug-likeness (QED) is 0.352. The van der Waals surface area contributed by atoms with Crippen molar-refractivity contribution in [3.05, 3.63) is 106 Å². The minimum absolute atomic E-state index is 0.155. The molecular formula is C31H27N5O2. The number of aryl methyl sites for hydroxylation is 1. The van der Waals surface area contributed by atoms with Crippen molar-refractivity contribution in [1.82, 2.24) is 24.5 Å². The summed E-state index contributed by atoms with van der Waals surface area (Å²) >= 11 is 0. The van der Waals surface area contributed by atoms with Crippen molar-refractivity contribution in [1.29, 1.82) is 0 Å². The molecule has 0 unspecified atom stereocenters. The molecule has 7 nitrogen and oxygen atoms in total. The van der Waals surface area contributed by atoms with Crippen molar-refractivity contribution < 1.29 is 4.79 Å². The van der Waals surface area contributed by atoms with Gasteiger partial charge in [-0.25, -0.2) is 9.50 Å². The summed E-state index contributed by atoms with van der Waals surface area (Å²) in [6.07, 6.45) is 6.85. The van der Waals surface area contributed by atoms with Crippen LogP contribution >= 0.6 is 0 Å². The maximum Gasteiger partial charge on any atom is 0.264 e. The number of rotatable bonds is 4. The monoisotopic (exact) mass is 501 g/mol. The third-order valence-corrected chi connectivity index (χ3v) is 7.19. The van der Waals surface area contributed by atoms with Crippen molar-refractivity contribution in [2.45, 2.75) is 39.2 Å². The van der Waals surface area contributed by atoms with E-state index < -0.39 is 6.04 Å². The molecule has 5 aromatic rings. The molecule has 0 bridgehead atoms. The van der Waals surface area contributed by atoms with Crippen LogP contribution in [0.5, 0.6) is 0 Å². The van der Waals surface area contributed by atoms with Crippen molar-refractivity contribution >= 4 is 22.3 Å². The van der Waals surface area contributed by atoms with Crippen LogP contribution < -0.4 is 10.9 Å². The first-order valence-electron chi connectivity index (χ1n) is 12.9. The van der Waals surface area contributed by atoms with Crippen molar-refractivity contribution in [2.75, 3.05) is 0 Å². The topological polar surface area (TPSA) is 81.3 Å². The van der Waals surface area contributed by atoms with E-state index in [4.69, 9.17) is 0 Å². The van der Waals surface area contributed by atoms with Gasteiger partial charge >= 0.3 is 0 Å².